The van der Waals surface area contributed by atoms with E-state index in [-0.39, 0.29) is 12.4 Å². The van der Waals surface area contributed by atoms with E-state index in [4.69, 9.17) is 20.5 Å². The molecule has 8 aliphatic heterocycles. The van der Waals surface area contributed by atoms with Crippen molar-refractivity contribution < 1.29 is 9.50 Å². The number of pyridine rings is 1. The Morgan fingerprint density at radius 1 is 0.636 bits per heavy atom. The average Bonchev–Trinajstić information content (AvgIpc) is 1.57. The highest BCUT2D eigenvalue weighted by molar-refractivity contribution is 5.76. The Morgan fingerprint density at radius 2 is 1.24 bits per heavy atom. The maximum atomic E-state index is 13.5. The number of hydrogen-bond donors (Lipinski definition) is 2. The van der Waals surface area contributed by atoms with E-state index in [1.807, 2.05) is 79.4 Å². The van der Waals surface area contributed by atoms with Crippen molar-refractivity contribution >= 4 is 17.2 Å². The first-order chi connectivity index (χ1) is 53.8. The van der Waals surface area contributed by atoms with Gasteiger partial charge in [0.15, 0.2) is 17.5 Å². The Kier molecular flexibility index (Phi) is 19.0. The predicted octanol–water partition coefficient (Wildman–Crippen LogP) is 14.6. The molecule has 7 aromatic heterocycles. The van der Waals surface area contributed by atoms with Crippen LogP contribution in [0.15, 0.2) is 183 Å². The SMILES string of the molecule is CC1CCN(C[C@H]2CCN(c3ccc4c(n3)Cn3cc(-c5ccc(F)cc5)cc3-c3nccn3-4)C2)CC1.CC[C@H](C)N(C)C[C@@H]1CCN(c2ccc3c(c2)Cn2cc(-c4ccc(C#N)cc4)cc2-c2nncn2-3)C1.N#Cc1ccc(-c2cc3n(c2)Cc2cc(N4CC5(CCCNC5)C4)ccc2-n2c(CO)cnc2-3)cc1. The van der Waals surface area contributed by atoms with Gasteiger partial charge >= 0.3 is 0 Å². The largest absolute Gasteiger partial charge is 0.390 e. The van der Waals surface area contributed by atoms with E-state index in [9.17, 15) is 9.50 Å². The third-order valence-electron chi connectivity index (χ3n) is 24.8. The monoisotopic (exact) mass is 1460 g/mol. The number of aromatic nitrogens is 11. The highest BCUT2D eigenvalue weighted by Crippen LogP contribution is 2.44. The number of rotatable bonds is 13. The van der Waals surface area contributed by atoms with Crippen LogP contribution >= 0.6 is 0 Å². The first-order valence-electron chi connectivity index (χ1n) is 39.5. The average molecular weight is 1460 g/mol. The lowest BCUT2D eigenvalue weighted by Gasteiger charge is -2.53. The molecule has 5 aromatic carbocycles. The summed E-state index contributed by atoms with van der Waals surface area (Å²) in [7, 11) is 2.26. The third-order valence-corrected chi connectivity index (χ3v) is 24.8. The summed E-state index contributed by atoms with van der Waals surface area (Å²) < 4.78 is 26.6. The molecule has 5 saturated heterocycles. The van der Waals surface area contributed by atoms with Gasteiger partial charge in [0.2, 0.25) is 0 Å². The second kappa shape index (κ2) is 29.7. The number of piperidine rings is 2. The maximum Gasteiger partial charge on any atom is 0.185 e. The second-order valence-electron chi connectivity index (χ2n) is 32.1. The topological polar surface area (TPSA) is 190 Å². The first-order valence-corrected chi connectivity index (χ1v) is 39.5. The van der Waals surface area contributed by atoms with Crippen molar-refractivity contribution in [3.8, 4) is 97.1 Å². The Morgan fingerprint density at radius 3 is 1.89 bits per heavy atom. The quantitative estimate of drug-likeness (QED) is 0.111. The fourth-order valence-corrected chi connectivity index (χ4v) is 18.2. The third kappa shape index (κ3) is 13.7. The highest BCUT2D eigenvalue weighted by atomic mass is 19.1. The van der Waals surface area contributed by atoms with Crippen molar-refractivity contribution in [3.63, 3.8) is 0 Å². The number of aliphatic hydroxyl groups is 1. The van der Waals surface area contributed by atoms with Crippen LogP contribution in [-0.4, -0.2) is 159 Å². The van der Waals surface area contributed by atoms with Gasteiger partial charge in [0.05, 0.1) is 88.1 Å². The number of likely N-dealkylation sites (tertiary alicyclic amines) is 1. The van der Waals surface area contributed by atoms with Crippen molar-refractivity contribution in [2.45, 2.75) is 98.0 Å². The van der Waals surface area contributed by atoms with Gasteiger partial charge in [0, 0.05) is 142 Å². The molecule has 2 N–H and O–H groups in total. The fourth-order valence-electron chi connectivity index (χ4n) is 18.2. The number of nitriles is 2. The van der Waals surface area contributed by atoms with Crippen molar-refractivity contribution in [1.29, 1.82) is 10.5 Å². The number of fused-ring (bicyclic) bond motifs is 15. The Hall–Kier alpha value is -11.2. The summed E-state index contributed by atoms with van der Waals surface area (Å²) >= 11 is 0. The van der Waals surface area contributed by atoms with Crippen LogP contribution in [0.3, 0.4) is 0 Å². The van der Waals surface area contributed by atoms with Crippen molar-refractivity contribution in [3.05, 3.63) is 222 Å². The first kappa shape index (κ1) is 70.5. The van der Waals surface area contributed by atoms with E-state index in [1.165, 1.54) is 99.2 Å². The lowest BCUT2D eigenvalue weighted by molar-refractivity contribution is 0.157. The minimum absolute atomic E-state index is 0.0704. The van der Waals surface area contributed by atoms with Gasteiger partial charge in [-0.05, 0) is 227 Å². The van der Waals surface area contributed by atoms with Crippen LogP contribution in [0.4, 0.5) is 21.6 Å². The van der Waals surface area contributed by atoms with Crippen LogP contribution in [0, 0.1) is 51.6 Å². The van der Waals surface area contributed by atoms with Gasteiger partial charge < -0.3 is 48.6 Å². The Bertz CT molecular complexity index is 5430. The molecular formula is C89H94FN19O. The molecule has 15 heterocycles. The van der Waals surface area contributed by atoms with E-state index in [0.29, 0.717) is 41.0 Å². The number of halogens is 1. The molecule has 21 heteroatoms. The van der Waals surface area contributed by atoms with Crippen molar-refractivity contribution in [2.75, 3.05) is 100 Å². The van der Waals surface area contributed by atoms with Crippen LogP contribution in [0.5, 0.6) is 0 Å². The number of nitrogens with one attached hydrogen (secondary N) is 1. The number of benzene rings is 5. The van der Waals surface area contributed by atoms with Gasteiger partial charge in [0.25, 0.3) is 0 Å². The number of aliphatic hydroxyl groups excluding tert-OH is 1. The summed E-state index contributed by atoms with van der Waals surface area (Å²) in [5, 5.41) is 40.7. The van der Waals surface area contributed by atoms with Crippen LogP contribution in [0.1, 0.15) is 99.4 Å². The predicted molar refractivity (Wildman–Crippen MR) is 430 cm³/mol. The van der Waals surface area contributed by atoms with Crippen molar-refractivity contribution in [2.24, 2.45) is 23.2 Å². The zero-order chi connectivity index (χ0) is 74.7. The zero-order valence-electron chi connectivity index (χ0n) is 63.3. The van der Waals surface area contributed by atoms with Gasteiger partial charge in [-0.25, -0.2) is 19.3 Å². The minimum Gasteiger partial charge on any atom is -0.390 e. The molecule has 5 fully saturated rings. The molecule has 0 aliphatic carbocycles. The van der Waals surface area contributed by atoms with Gasteiger partial charge in [0.1, 0.15) is 18.0 Å². The Balaban J connectivity index is 0.000000116. The molecule has 3 atom stereocenters. The molecule has 110 heavy (non-hydrogen) atoms. The molecule has 1 spiro atoms. The summed E-state index contributed by atoms with van der Waals surface area (Å²) in [5.41, 5.74) is 21.4. The molecule has 0 saturated carbocycles. The number of nitrogens with zero attached hydrogens (tertiary/aromatic N) is 18. The molecule has 20 nitrogen and oxygen atoms in total. The van der Waals surface area contributed by atoms with Gasteiger partial charge in [-0.3, -0.25) is 13.7 Å². The number of imidazole rings is 2. The molecule has 0 amide bonds. The second-order valence-corrected chi connectivity index (χ2v) is 32.1. The summed E-state index contributed by atoms with van der Waals surface area (Å²) in [6, 6.07) is 51.6. The molecule has 8 aliphatic rings. The molecule has 558 valence electrons. The summed E-state index contributed by atoms with van der Waals surface area (Å²) in [5.74, 6) is 5.73. The molecular weight excluding hydrogens is 1370 g/mol. The van der Waals surface area contributed by atoms with E-state index in [0.717, 1.165) is 180 Å². The maximum absolute atomic E-state index is 13.5. The van der Waals surface area contributed by atoms with E-state index < -0.39 is 0 Å². The zero-order valence-corrected chi connectivity index (χ0v) is 63.3. The van der Waals surface area contributed by atoms with Gasteiger partial charge in [-0.15, -0.1) is 10.2 Å². The minimum atomic E-state index is -0.222. The lowest BCUT2D eigenvalue weighted by atomic mass is 9.74. The van der Waals surface area contributed by atoms with Crippen molar-refractivity contribution in [1.82, 2.24) is 67.7 Å². The van der Waals surface area contributed by atoms with Crippen LogP contribution in [-0.2, 0) is 26.2 Å². The van der Waals surface area contributed by atoms with E-state index in [2.05, 4.69) is 198 Å². The molecule has 20 rings (SSSR count). The normalized spacial score (nSPS) is 18.2. The van der Waals surface area contributed by atoms with E-state index in [1.54, 1.807) is 6.20 Å². The van der Waals surface area contributed by atoms with Gasteiger partial charge in [-0.1, -0.05) is 50.2 Å². The Labute approximate surface area is 642 Å². The van der Waals surface area contributed by atoms with Crippen LogP contribution < -0.4 is 20.0 Å². The lowest BCUT2D eigenvalue weighted by Crippen LogP contribution is -2.62. The molecule has 0 radical (unpaired) electrons. The van der Waals surface area contributed by atoms with Gasteiger partial charge in [-0.2, -0.15) is 10.5 Å². The highest BCUT2D eigenvalue weighted by Gasteiger charge is 2.44. The summed E-state index contributed by atoms with van der Waals surface area (Å²) in [6.45, 7) is 22.8. The number of anilines is 3. The number of hydrogen-bond acceptors (Lipinski definition) is 14. The fraction of sp³-hybridized carbons (Fsp3) is 0.360. The van der Waals surface area contributed by atoms with Crippen LogP contribution in [0.2, 0.25) is 0 Å². The summed E-state index contributed by atoms with van der Waals surface area (Å²) in [6.07, 6.45) is 22.9. The standard InChI is InChI=1S/C30H33FN6.C30H33N7.C29H28N6O/c1-21-8-12-34(13-9-21)17-22-10-14-35(18-22)29-7-6-27-26(33-29)20-36-19-24(23-2-4-25(31)5-3-23)16-28(36)30-32-11-15-37(27)30;1-4-21(2)34(3)16-23-11-12-35(17-23)27-9-10-28-26(13-27)19-36-18-25(24-7-5-22(15-31)6-8-24)14-29(36)30-33-32-20-37(28)30;30-12-20-2-4-21(5-3-20)22-11-27-28-32-13-25(16-36)35(28)26-7-6-24(10-23(26)15-33(27)14-22)34-18-29(19-34)8-1-9-31-17-29/h2-7,11,15-16,19,21-22H,8-10,12-14,17-18,20H2,1H3;5-10,13-14,18,20-21,23H,4,11-12,16-17,19H2,1-3H3;2-7,10-11,13-14,31,36H,1,8-9,15-19H2/t22-;21-,23-;/m10./s1. The molecule has 12 aromatic rings. The van der Waals surface area contributed by atoms with E-state index >= 15 is 0 Å². The van der Waals surface area contributed by atoms with Crippen LogP contribution in [0.25, 0.3) is 85.0 Å². The molecule has 0 unspecified atom stereocenters. The summed E-state index contributed by atoms with van der Waals surface area (Å²) in [4.78, 5) is 27.3. The smallest absolute Gasteiger partial charge is 0.185 e. The molecule has 0 bridgehead atoms.